The average Bonchev–Trinajstić information content (AvgIpc) is 2.80. The van der Waals surface area contributed by atoms with Crippen LogP contribution in [0.1, 0.15) is 29.9 Å². The van der Waals surface area contributed by atoms with Gasteiger partial charge in [0.05, 0.1) is 9.21 Å². The molecule has 0 aliphatic carbocycles. The standard InChI is InChI=1S/C13H17ClN2O4S/c1-7(2)5-8(16-13(15)19)12(18)20-6-9(17)10-3-4-11(14)21-10/h3-4,7-8H,5-6H2,1-2H3,(H3,15,16,19). The second kappa shape index (κ2) is 7.99. The van der Waals surface area contributed by atoms with Crippen LogP contribution in [0.4, 0.5) is 4.79 Å². The van der Waals surface area contributed by atoms with Crippen LogP contribution in [0.5, 0.6) is 0 Å². The molecule has 0 aliphatic heterocycles. The fourth-order valence-corrected chi connectivity index (χ4v) is 2.60. The van der Waals surface area contributed by atoms with E-state index in [0.717, 1.165) is 11.3 Å². The minimum absolute atomic E-state index is 0.154. The highest BCUT2D eigenvalue weighted by Gasteiger charge is 2.23. The number of thiophene rings is 1. The van der Waals surface area contributed by atoms with Gasteiger partial charge in [0.25, 0.3) is 0 Å². The van der Waals surface area contributed by atoms with Crippen molar-refractivity contribution < 1.29 is 19.1 Å². The van der Waals surface area contributed by atoms with Crippen LogP contribution >= 0.6 is 22.9 Å². The summed E-state index contributed by atoms with van der Waals surface area (Å²) < 4.78 is 5.42. The Hall–Kier alpha value is -1.60. The summed E-state index contributed by atoms with van der Waals surface area (Å²) in [4.78, 5) is 35.0. The Balaban J connectivity index is 2.56. The number of ketones is 1. The van der Waals surface area contributed by atoms with Crippen molar-refractivity contribution in [2.24, 2.45) is 11.7 Å². The lowest BCUT2D eigenvalue weighted by Gasteiger charge is -2.17. The summed E-state index contributed by atoms with van der Waals surface area (Å²) in [5.41, 5.74) is 5.02. The van der Waals surface area contributed by atoms with Crippen LogP contribution in [-0.2, 0) is 9.53 Å². The molecule has 0 aliphatic rings. The van der Waals surface area contributed by atoms with Gasteiger partial charge in [-0.15, -0.1) is 11.3 Å². The number of nitrogens with two attached hydrogens (primary N) is 1. The summed E-state index contributed by atoms with van der Waals surface area (Å²) in [6, 6.07) is 1.49. The van der Waals surface area contributed by atoms with Gasteiger partial charge >= 0.3 is 12.0 Å². The highest BCUT2D eigenvalue weighted by molar-refractivity contribution is 7.18. The van der Waals surface area contributed by atoms with Gasteiger partial charge in [0.15, 0.2) is 6.61 Å². The van der Waals surface area contributed by atoms with E-state index in [1.807, 2.05) is 13.8 Å². The van der Waals surface area contributed by atoms with Crippen molar-refractivity contribution >= 4 is 40.7 Å². The Labute approximate surface area is 131 Å². The van der Waals surface area contributed by atoms with Crippen LogP contribution in [0.3, 0.4) is 0 Å². The Bertz CT molecular complexity index is 530. The van der Waals surface area contributed by atoms with E-state index in [9.17, 15) is 14.4 Å². The van der Waals surface area contributed by atoms with Crippen LogP contribution in [0.25, 0.3) is 0 Å². The number of carbonyl (C=O) groups excluding carboxylic acids is 3. The molecular formula is C13H17ClN2O4S. The van der Waals surface area contributed by atoms with E-state index >= 15 is 0 Å². The highest BCUT2D eigenvalue weighted by Crippen LogP contribution is 2.21. The van der Waals surface area contributed by atoms with Crippen molar-refractivity contribution in [3.05, 3.63) is 21.3 Å². The third-order valence-corrected chi connectivity index (χ3v) is 3.77. The number of carbonyl (C=O) groups is 3. The monoisotopic (exact) mass is 332 g/mol. The Kier molecular flexibility index (Phi) is 6.64. The van der Waals surface area contributed by atoms with Crippen LogP contribution in [0.2, 0.25) is 4.34 Å². The molecule has 0 spiro atoms. The number of hydrogen-bond donors (Lipinski definition) is 2. The third kappa shape index (κ3) is 6.14. The molecule has 6 nitrogen and oxygen atoms in total. The number of hydrogen-bond acceptors (Lipinski definition) is 5. The van der Waals surface area contributed by atoms with Crippen LogP contribution < -0.4 is 11.1 Å². The van der Waals surface area contributed by atoms with Gasteiger partial charge < -0.3 is 15.8 Å². The SMILES string of the molecule is CC(C)CC(NC(N)=O)C(=O)OCC(=O)c1ccc(Cl)s1. The van der Waals surface area contributed by atoms with Crippen LogP contribution in [0.15, 0.2) is 12.1 Å². The van der Waals surface area contributed by atoms with Crippen LogP contribution in [-0.4, -0.2) is 30.4 Å². The minimum atomic E-state index is -0.859. The summed E-state index contributed by atoms with van der Waals surface area (Å²) in [5, 5.41) is 2.31. The smallest absolute Gasteiger partial charge is 0.329 e. The molecule has 116 valence electrons. The maximum absolute atomic E-state index is 11.9. The van der Waals surface area contributed by atoms with Crippen molar-refractivity contribution in [1.29, 1.82) is 0 Å². The van der Waals surface area contributed by atoms with Crippen molar-refractivity contribution in [3.8, 4) is 0 Å². The van der Waals surface area contributed by atoms with E-state index in [2.05, 4.69) is 5.32 Å². The molecule has 3 N–H and O–H groups in total. The van der Waals surface area contributed by atoms with Gasteiger partial charge in [0.2, 0.25) is 5.78 Å². The molecule has 2 amide bonds. The van der Waals surface area contributed by atoms with E-state index in [4.69, 9.17) is 22.1 Å². The summed E-state index contributed by atoms with van der Waals surface area (Å²) in [6.07, 6.45) is 0.376. The predicted molar refractivity (Wildman–Crippen MR) is 80.6 cm³/mol. The van der Waals surface area contributed by atoms with E-state index in [-0.39, 0.29) is 11.7 Å². The lowest BCUT2D eigenvalue weighted by molar-refractivity contribution is -0.145. The zero-order valence-electron chi connectivity index (χ0n) is 11.7. The quantitative estimate of drug-likeness (QED) is 0.590. The Morgan fingerprint density at radius 2 is 2.05 bits per heavy atom. The molecule has 0 fully saturated rings. The number of amides is 2. The number of rotatable bonds is 7. The number of urea groups is 1. The third-order valence-electron chi connectivity index (χ3n) is 2.50. The Morgan fingerprint density at radius 3 is 2.52 bits per heavy atom. The molecule has 1 atom stereocenters. The number of halogens is 1. The second-order valence-electron chi connectivity index (χ2n) is 4.83. The highest BCUT2D eigenvalue weighted by atomic mass is 35.5. The summed E-state index contributed by atoms with van der Waals surface area (Å²) >= 11 is 6.84. The largest absolute Gasteiger partial charge is 0.456 e. The summed E-state index contributed by atoms with van der Waals surface area (Å²) in [7, 11) is 0. The van der Waals surface area contributed by atoms with E-state index < -0.39 is 24.6 Å². The van der Waals surface area contributed by atoms with Gasteiger partial charge in [-0.25, -0.2) is 9.59 Å². The average molecular weight is 333 g/mol. The second-order valence-corrected chi connectivity index (χ2v) is 6.54. The summed E-state index contributed by atoms with van der Waals surface area (Å²) in [5.74, 6) is -0.873. The molecule has 0 saturated carbocycles. The predicted octanol–water partition coefficient (Wildman–Crippen LogP) is 2.21. The van der Waals surface area contributed by atoms with Gasteiger partial charge in [-0.3, -0.25) is 4.79 Å². The number of Topliss-reactive ketones (excluding diaryl/α,β-unsaturated/α-hetero) is 1. The van der Waals surface area contributed by atoms with E-state index in [1.54, 1.807) is 12.1 Å². The fraction of sp³-hybridized carbons (Fsp3) is 0.462. The first kappa shape index (κ1) is 17.5. The number of esters is 1. The summed E-state index contributed by atoms with van der Waals surface area (Å²) in [6.45, 7) is 3.38. The zero-order valence-corrected chi connectivity index (χ0v) is 13.3. The van der Waals surface area contributed by atoms with E-state index in [0.29, 0.717) is 15.6 Å². The van der Waals surface area contributed by atoms with Gasteiger partial charge in [0.1, 0.15) is 6.04 Å². The molecule has 1 heterocycles. The molecule has 1 aromatic rings. The van der Waals surface area contributed by atoms with Crippen molar-refractivity contribution in [1.82, 2.24) is 5.32 Å². The topological polar surface area (TPSA) is 98.5 Å². The minimum Gasteiger partial charge on any atom is -0.456 e. The molecule has 1 aromatic heterocycles. The van der Waals surface area contributed by atoms with Gasteiger partial charge in [-0.2, -0.15) is 0 Å². The molecule has 8 heteroatoms. The lowest BCUT2D eigenvalue weighted by atomic mass is 10.0. The molecule has 0 bridgehead atoms. The van der Waals surface area contributed by atoms with Gasteiger partial charge in [-0.05, 0) is 24.5 Å². The maximum atomic E-state index is 11.9. The maximum Gasteiger partial charge on any atom is 0.329 e. The fourth-order valence-electron chi connectivity index (χ4n) is 1.63. The number of ether oxygens (including phenoxy) is 1. The number of nitrogens with one attached hydrogen (secondary N) is 1. The van der Waals surface area contributed by atoms with Crippen molar-refractivity contribution in [3.63, 3.8) is 0 Å². The van der Waals surface area contributed by atoms with Crippen molar-refractivity contribution in [2.75, 3.05) is 6.61 Å². The number of primary amides is 1. The van der Waals surface area contributed by atoms with Gasteiger partial charge in [0, 0.05) is 0 Å². The first-order valence-electron chi connectivity index (χ1n) is 6.30. The molecule has 1 rings (SSSR count). The zero-order chi connectivity index (χ0) is 16.0. The molecular weight excluding hydrogens is 316 g/mol. The normalized spacial score (nSPS) is 12.0. The first-order valence-corrected chi connectivity index (χ1v) is 7.50. The Morgan fingerprint density at radius 1 is 1.38 bits per heavy atom. The first-order chi connectivity index (χ1) is 9.79. The van der Waals surface area contributed by atoms with Gasteiger partial charge in [-0.1, -0.05) is 25.4 Å². The van der Waals surface area contributed by atoms with Crippen molar-refractivity contribution in [2.45, 2.75) is 26.3 Å². The molecule has 0 aromatic carbocycles. The van der Waals surface area contributed by atoms with E-state index in [1.165, 1.54) is 0 Å². The molecule has 0 radical (unpaired) electrons. The molecule has 21 heavy (non-hydrogen) atoms. The molecule has 0 saturated heterocycles. The van der Waals surface area contributed by atoms with Crippen LogP contribution in [0, 0.1) is 5.92 Å². The molecule has 1 unspecified atom stereocenters. The lowest BCUT2D eigenvalue weighted by Crippen LogP contribution is -2.45.